The topological polar surface area (TPSA) is 52.6 Å². The van der Waals surface area contributed by atoms with E-state index in [0.717, 1.165) is 44.9 Å². The fraction of sp³-hybridized carbons (Fsp3) is 0.789. The van der Waals surface area contributed by atoms with E-state index in [1.54, 1.807) is 6.92 Å². The molecule has 2 aliphatic carbocycles. The van der Waals surface area contributed by atoms with Crippen molar-refractivity contribution in [1.82, 2.24) is 0 Å². The van der Waals surface area contributed by atoms with Crippen LogP contribution in [0, 0.1) is 17.3 Å². The van der Waals surface area contributed by atoms with Gasteiger partial charge in [-0.15, -0.1) is 0 Å². The molecule has 2 heterocycles. The molecule has 2 aliphatic heterocycles. The molecule has 4 unspecified atom stereocenters. The second-order valence-corrected chi connectivity index (χ2v) is 7.86. The van der Waals surface area contributed by atoms with Gasteiger partial charge in [-0.05, 0) is 57.8 Å². The van der Waals surface area contributed by atoms with Crippen molar-refractivity contribution >= 4 is 11.9 Å². The molecule has 4 aliphatic rings. The van der Waals surface area contributed by atoms with Gasteiger partial charge in [0.2, 0.25) is 0 Å². The van der Waals surface area contributed by atoms with Crippen molar-refractivity contribution in [3.63, 3.8) is 0 Å². The van der Waals surface area contributed by atoms with Gasteiger partial charge >= 0.3 is 11.9 Å². The van der Waals surface area contributed by atoms with Crippen molar-refractivity contribution in [2.75, 3.05) is 0 Å². The monoisotopic (exact) mass is 320 g/mol. The molecule has 4 bridgehead atoms. The summed E-state index contributed by atoms with van der Waals surface area (Å²) in [6.07, 6.45) is 6.11. The maximum Gasteiger partial charge on any atom is 0.333 e. The maximum atomic E-state index is 12.3. The highest BCUT2D eigenvalue weighted by atomic mass is 16.6. The molecule has 2 saturated carbocycles. The summed E-state index contributed by atoms with van der Waals surface area (Å²) in [5.41, 5.74) is -0.220. The van der Waals surface area contributed by atoms with Gasteiger partial charge in [-0.3, -0.25) is 4.79 Å². The second-order valence-electron chi connectivity index (χ2n) is 7.86. The van der Waals surface area contributed by atoms with Crippen LogP contribution in [0.5, 0.6) is 0 Å². The number of hydrogen-bond donors (Lipinski definition) is 0. The third-order valence-electron chi connectivity index (χ3n) is 6.51. The van der Waals surface area contributed by atoms with E-state index in [2.05, 4.69) is 20.4 Å². The summed E-state index contributed by atoms with van der Waals surface area (Å²) in [4.78, 5) is 24.6. The first-order valence-corrected chi connectivity index (χ1v) is 8.94. The number of esters is 2. The van der Waals surface area contributed by atoms with E-state index >= 15 is 0 Å². The van der Waals surface area contributed by atoms with Crippen LogP contribution >= 0.6 is 0 Å². The summed E-state index contributed by atoms with van der Waals surface area (Å²) in [5.74, 6) is 0.143. The van der Waals surface area contributed by atoms with Crippen LogP contribution in [0.15, 0.2) is 12.2 Å². The molecule has 4 fully saturated rings. The van der Waals surface area contributed by atoms with Crippen molar-refractivity contribution in [3.05, 3.63) is 12.2 Å². The van der Waals surface area contributed by atoms with E-state index in [4.69, 9.17) is 9.47 Å². The first-order chi connectivity index (χ1) is 10.8. The summed E-state index contributed by atoms with van der Waals surface area (Å²) in [5, 5.41) is 0. The Hall–Kier alpha value is -1.32. The lowest BCUT2D eigenvalue weighted by atomic mass is 9.51. The van der Waals surface area contributed by atoms with Crippen LogP contribution in [0.4, 0.5) is 0 Å². The van der Waals surface area contributed by atoms with Gasteiger partial charge in [0.25, 0.3) is 0 Å². The standard InChI is InChI=1S/C19H28O4/c1-5-19(6-2,23-16(20)12(3)4)18-9-13-7-14(10-18)17(21)22-15(8-13)11-18/h13-15H,3,5-11H2,1-2,4H3. The highest BCUT2D eigenvalue weighted by molar-refractivity contribution is 5.87. The third-order valence-corrected chi connectivity index (χ3v) is 6.51. The lowest BCUT2D eigenvalue weighted by Gasteiger charge is -2.56. The molecule has 0 aromatic rings. The Morgan fingerprint density at radius 2 is 2.00 bits per heavy atom. The van der Waals surface area contributed by atoms with Gasteiger partial charge < -0.3 is 9.47 Å². The number of hydrogen-bond acceptors (Lipinski definition) is 4. The van der Waals surface area contributed by atoms with E-state index in [1.807, 2.05) is 0 Å². The van der Waals surface area contributed by atoms with Crippen molar-refractivity contribution in [2.24, 2.45) is 17.3 Å². The predicted octanol–water partition coefficient (Wildman–Crippen LogP) is 3.79. The van der Waals surface area contributed by atoms with E-state index in [0.29, 0.717) is 11.5 Å². The van der Waals surface area contributed by atoms with E-state index in [-0.39, 0.29) is 29.4 Å². The van der Waals surface area contributed by atoms with E-state index in [9.17, 15) is 9.59 Å². The van der Waals surface area contributed by atoms with Crippen molar-refractivity contribution in [2.45, 2.75) is 77.4 Å². The molecule has 0 N–H and O–H groups in total. The van der Waals surface area contributed by atoms with Gasteiger partial charge in [0.15, 0.2) is 0 Å². The number of rotatable bonds is 5. The second kappa shape index (κ2) is 5.64. The molecule has 4 rings (SSSR count). The van der Waals surface area contributed by atoms with Crippen LogP contribution in [0.25, 0.3) is 0 Å². The van der Waals surface area contributed by atoms with Crippen LogP contribution in [0.1, 0.15) is 65.7 Å². The molecule has 0 radical (unpaired) electrons. The average molecular weight is 320 g/mol. The molecule has 4 heteroatoms. The fourth-order valence-corrected chi connectivity index (χ4v) is 5.52. The Morgan fingerprint density at radius 3 is 2.61 bits per heavy atom. The Balaban J connectivity index is 2.00. The highest BCUT2D eigenvalue weighted by Crippen LogP contribution is 2.61. The maximum absolute atomic E-state index is 12.3. The van der Waals surface area contributed by atoms with Crippen LogP contribution in [-0.4, -0.2) is 23.6 Å². The zero-order chi connectivity index (χ0) is 16.8. The molecule has 23 heavy (non-hydrogen) atoms. The van der Waals surface area contributed by atoms with Gasteiger partial charge in [0.05, 0.1) is 5.92 Å². The van der Waals surface area contributed by atoms with Crippen molar-refractivity contribution in [3.8, 4) is 0 Å². The zero-order valence-corrected chi connectivity index (χ0v) is 14.5. The number of carbonyl (C=O) groups excluding carboxylic acids is 2. The van der Waals surface area contributed by atoms with Crippen molar-refractivity contribution < 1.29 is 19.1 Å². The van der Waals surface area contributed by atoms with E-state index < -0.39 is 5.60 Å². The Kier molecular flexibility index (Phi) is 4.06. The minimum absolute atomic E-state index is 0.00486. The lowest BCUT2D eigenvalue weighted by Crippen LogP contribution is -2.57. The van der Waals surface area contributed by atoms with Gasteiger partial charge in [-0.1, -0.05) is 20.4 Å². The minimum atomic E-state index is -0.521. The average Bonchev–Trinajstić information content (AvgIpc) is 2.66. The van der Waals surface area contributed by atoms with Gasteiger partial charge in [0.1, 0.15) is 11.7 Å². The summed E-state index contributed by atoms with van der Waals surface area (Å²) in [7, 11) is 0. The van der Waals surface area contributed by atoms with Crippen LogP contribution in [0.3, 0.4) is 0 Å². The number of carbonyl (C=O) groups is 2. The molecule has 0 aromatic heterocycles. The minimum Gasteiger partial charge on any atom is -0.462 e. The molecule has 128 valence electrons. The van der Waals surface area contributed by atoms with Gasteiger partial charge in [-0.25, -0.2) is 4.79 Å². The molecule has 0 aromatic carbocycles. The molecule has 0 amide bonds. The Labute approximate surface area is 138 Å². The van der Waals surface area contributed by atoms with E-state index in [1.165, 1.54) is 0 Å². The number of ether oxygens (including phenoxy) is 2. The van der Waals surface area contributed by atoms with Crippen LogP contribution < -0.4 is 0 Å². The van der Waals surface area contributed by atoms with Gasteiger partial charge in [-0.2, -0.15) is 0 Å². The zero-order valence-electron chi connectivity index (χ0n) is 14.5. The Bertz CT molecular complexity index is 533. The summed E-state index contributed by atoms with van der Waals surface area (Å²) in [6.45, 7) is 9.60. The van der Waals surface area contributed by atoms with Crippen molar-refractivity contribution in [1.29, 1.82) is 0 Å². The van der Waals surface area contributed by atoms with Gasteiger partial charge in [0, 0.05) is 11.0 Å². The quantitative estimate of drug-likeness (QED) is 0.571. The highest BCUT2D eigenvalue weighted by Gasteiger charge is 2.61. The normalized spacial score (nSPS) is 35.6. The molecule has 4 nitrogen and oxygen atoms in total. The first-order valence-electron chi connectivity index (χ1n) is 8.94. The fourth-order valence-electron chi connectivity index (χ4n) is 5.52. The lowest BCUT2D eigenvalue weighted by molar-refractivity contribution is -0.194. The molecular formula is C19H28O4. The summed E-state index contributed by atoms with van der Waals surface area (Å²) in [6, 6.07) is 0. The summed E-state index contributed by atoms with van der Waals surface area (Å²) >= 11 is 0. The molecule has 4 atom stereocenters. The SMILES string of the molecule is C=C(C)C(=O)OC(CC)(CC)C12CC3CC(C1)OC(=O)C(C3)C2. The predicted molar refractivity (Wildman–Crippen MR) is 86.6 cm³/mol. The molecule has 0 spiro atoms. The largest absolute Gasteiger partial charge is 0.462 e. The van der Waals surface area contributed by atoms with Crippen LogP contribution in [-0.2, 0) is 19.1 Å². The smallest absolute Gasteiger partial charge is 0.333 e. The first kappa shape index (κ1) is 16.5. The number of fused-ring (bicyclic) bond motifs is 1. The molecule has 2 saturated heterocycles. The summed E-state index contributed by atoms with van der Waals surface area (Å²) < 4.78 is 11.8. The van der Waals surface area contributed by atoms with Crippen LogP contribution in [0.2, 0.25) is 0 Å². The third kappa shape index (κ3) is 2.50. The Morgan fingerprint density at radius 1 is 1.30 bits per heavy atom. The molecular weight excluding hydrogens is 292 g/mol.